The molecule has 3 heteroatoms. The molecule has 0 aromatic carbocycles. The second-order valence-electron chi connectivity index (χ2n) is 4.44. The number of nitrogens with zero attached hydrogens (tertiary/aromatic N) is 1. The maximum atomic E-state index is 3.58. The van der Waals surface area contributed by atoms with Crippen LogP contribution in [0.5, 0.6) is 0 Å². The summed E-state index contributed by atoms with van der Waals surface area (Å²) >= 11 is 2.08. The normalized spacial score (nSPS) is 21.4. The van der Waals surface area contributed by atoms with Crippen LogP contribution in [-0.4, -0.2) is 48.6 Å². The molecule has 0 aliphatic carbocycles. The highest BCUT2D eigenvalue weighted by Crippen LogP contribution is 2.08. The first kappa shape index (κ1) is 12.3. The molecule has 1 rings (SSSR count). The third-order valence-corrected chi connectivity index (χ3v) is 3.94. The lowest BCUT2D eigenvalue weighted by Crippen LogP contribution is -2.41. The first-order chi connectivity index (χ1) is 6.70. The second kappa shape index (κ2) is 6.70. The van der Waals surface area contributed by atoms with Crippen LogP contribution in [0.15, 0.2) is 0 Å². The fraction of sp³-hybridized carbons (Fsp3) is 1.00. The van der Waals surface area contributed by atoms with Gasteiger partial charge in [0.25, 0.3) is 0 Å². The Morgan fingerprint density at radius 3 is 2.43 bits per heavy atom. The van der Waals surface area contributed by atoms with Crippen molar-refractivity contribution in [2.45, 2.75) is 26.8 Å². The molecule has 0 saturated carbocycles. The van der Waals surface area contributed by atoms with Gasteiger partial charge in [0.05, 0.1) is 0 Å². The highest BCUT2D eigenvalue weighted by Gasteiger charge is 2.10. The van der Waals surface area contributed by atoms with Crippen LogP contribution in [0.4, 0.5) is 0 Å². The van der Waals surface area contributed by atoms with Crippen LogP contribution >= 0.6 is 11.8 Å². The van der Waals surface area contributed by atoms with Crippen LogP contribution in [0, 0.1) is 5.92 Å². The first-order valence-electron chi connectivity index (χ1n) is 5.73. The summed E-state index contributed by atoms with van der Waals surface area (Å²) in [6.45, 7) is 11.7. The molecule has 84 valence electrons. The topological polar surface area (TPSA) is 15.3 Å². The number of hydrogen-bond donors (Lipinski definition) is 1. The van der Waals surface area contributed by atoms with Gasteiger partial charge in [-0.3, -0.25) is 0 Å². The summed E-state index contributed by atoms with van der Waals surface area (Å²) < 4.78 is 0. The summed E-state index contributed by atoms with van der Waals surface area (Å²) in [5.74, 6) is 3.38. The van der Waals surface area contributed by atoms with Gasteiger partial charge in [0, 0.05) is 43.7 Å². The smallest absolute Gasteiger partial charge is 0.0108 e. The summed E-state index contributed by atoms with van der Waals surface area (Å²) in [5, 5.41) is 3.58. The van der Waals surface area contributed by atoms with Crippen LogP contribution in [0.2, 0.25) is 0 Å². The first-order valence-corrected chi connectivity index (χ1v) is 6.89. The molecule has 0 radical (unpaired) electrons. The molecule has 0 aromatic heterocycles. The Bertz CT molecular complexity index is 144. The molecule has 1 unspecified atom stereocenters. The standard InChI is InChI=1S/C11H24N2S/c1-10(2)11(3)12-4-5-13-6-8-14-9-7-13/h10-12H,4-9H2,1-3H3. The molecule has 0 bridgehead atoms. The summed E-state index contributed by atoms with van der Waals surface area (Å²) in [5.41, 5.74) is 0. The van der Waals surface area contributed by atoms with Crippen LogP contribution in [-0.2, 0) is 0 Å². The molecule has 1 saturated heterocycles. The van der Waals surface area contributed by atoms with Crippen molar-refractivity contribution in [3.8, 4) is 0 Å². The fourth-order valence-corrected chi connectivity index (χ4v) is 2.49. The Hall–Kier alpha value is 0.270. The van der Waals surface area contributed by atoms with Gasteiger partial charge < -0.3 is 10.2 Å². The van der Waals surface area contributed by atoms with E-state index in [4.69, 9.17) is 0 Å². The van der Waals surface area contributed by atoms with Crippen molar-refractivity contribution in [1.29, 1.82) is 0 Å². The molecule has 0 spiro atoms. The molecule has 1 aliphatic rings. The largest absolute Gasteiger partial charge is 0.313 e. The van der Waals surface area contributed by atoms with Gasteiger partial charge in [-0.05, 0) is 12.8 Å². The quantitative estimate of drug-likeness (QED) is 0.752. The minimum absolute atomic E-state index is 0.647. The van der Waals surface area contributed by atoms with E-state index in [2.05, 4.69) is 42.7 Å². The lowest BCUT2D eigenvalue weighted by atomic mass is 10.1. The Balaban J connectivity index is 2.02. The summed E-state index contributed by atoms with van der Waals surface area (Å²) in [6, 6.07) is 0.647. The predicted molar refractivity (Wildman–Crippen MR) is 66.1 cm³/mol. The molecular formula is C11H24N2S. The predicted octanol–water partition coefficient (Wildman–Crippen LogP) is 1.67. The summed E-state index contributed by atoms with van der Waals surface area (Å²) in [6.07, 6.45) is 0. The van der Waals surface area contributed by atoms with Crippen molar-refractivity contribution in [3.63, 3.8) is 0 Å². The molecule has 2 nitrogen and oxygen atoms in total. The molecular weight excluding hydrogens is 192 g/mol. The van der Waals surface area contributed by atoms with E-state index in [1.54, 1.807) is 0 Å². The van der Waals surface area contributed by atoms with E-state index >= 15 is 0 Å². The zero-order valence-electron chi connectivity index (χ0n) is 9.75. The van der Waals surface area contributed by atoms with E-state index in [9.17, 15) is 0 Å². The lowest BCUT2D eigenvalue weighted by Gasteiger charge is -2.27. The van der Waals surface area contributed by atoms with Crippen LogP contribution < -0.4 is 5.32 Å². The highest BCUT2D eigenvalue weighted by molar-refractivity contribution is 7.99. The summed E-state index contributed by atoms with van der Waals surface area (Å²) in [4.78, 5) is 2.57. The Kier molecular flexibility index (Phi) is 5.90. The fourth-order valence-electron chi connectivity index (χ4n) is 1.51. The minimum Gasteiger partial charge on any atom is -0.313 e. The second-order valence-corrected chi connectivity index (χ2v) is 5.67. The van der Waals surface area contributed by atoms with Gasteiger partial charge in [0.2, 0.25) is 0 Å². The van der Waals surface area contributed by atoms with Crippen molar-refractivity contribution in [1.82, 2.24) is 10.2 Å². The van der Waals surface area contributed by atoms with E-state index in [0.29, 0.717) is 6.04 Å². The zero-order chi connectivity index (χ0) is 10.4. The summed E-state index contributed by atoms with van der Waals surface area (Å²) in [7, 11) is 0. The molecule has 1 atom stereocenters. The van der Waals surface area contributed by atoms with E-state index < -0.39 is 0 Å². The van der Waals surface area contributed by atoms with Gasteiger partial charge in [-0.15, -0.1) is 0 Å². The maximum absolute atomic E-state index is 3.58. The van der Waals surface area contributed by atoms with Crippen molar-refractivity contribution >= 4 is 11.8 Å². The lowest BCUT2D eigenvalue weighted by molar-refractivity contribution is 0.289. The van der Waals surface area contributed by atoms with Gasteiger partial charge in [0.15, 0.2) is 0 Å². The molecule has 14 heavy (non-hydrogen) atoms. The number of thioether (sulfide) groups is 1. The van der Waals surface area contributed by atoms with E-state index in [-0.39, 0.29) is 0 Å². The molecule has 0 aromatic rings. The zero-order valence-corrected chi connectivity index (χ0v) is 10.6. The minimum atomic E-state index is 0.647. The number of hydrogen-bond acceptors (Lipinski definition) is 3. The van der Waals surface area contributed by atoms with Gasteiger partial charge in [-0.25, -0.2) is 0 Å². The van der Waals surface area contributed by atoms with E-state index in [0.717, 1.165) is 12.5 Å². The van der Waals surface area contributed by atoms with Gasteiger partial charge in [-0.1, -0.05) is 13.8 Å². The highest BCUT2D eigenvalue weighted by atomic mass is 32.2. The Morgan fingerprint density at radius 1 is 1.21 bits per heavy atom. The monoisotopic (exact) mass is 216 g/mol. The third-order valence-electron chi connectivity index (χ3n) is 3.00. The van der Waals surface area contributed by atoms with Crippen LogP contribution in [0.25, 0.3) is 0 Å². The molecule has 1 fully saturated rings. The van der Waals surface area contributed by atoms with Crippen molar-refractivity contribution in [2.75, 3.05) is 37.7 Å². The van der Waals surface area contributed by atoms with Crippen molar-refractivity contribution in [2.24, 2.45) is 5.92 Å². The average molecular weight is 216 g/mol. The van der Waals surface area contributed by atoms with Crippen LogP contribution in [0.1, 0.15) is 20.8 Å². The van der Waals surface area contributed by atoms with Gasteiger partial charge in [-0.2, -0.15) is 11.8 Å². The Labute approximate surface area is 92.8 Å². The SMILES string of the molecule is CC(C)C(C)NCCN1CCSCC1. The third kappa shape index (κ3) is 4.67. The van der Waals surface area contributed by atoms with E-state index in [1.807, 2.05) is 0 Å². The molecule has 1 aliphatic heterocycles. The van der Waals surface area contributed by atoms with Gasteiger partial charge in [0.1, 0.15) is 0 Å². The average Bonchev–Trinajstić information content (AvgIpc) is 2.19. The molecule has 0 amide bonds. The van der Waals surface area contributed by atoms with Crippen molar-refractivity contribution < 1.29 is 0 Å². The van der Waals surface area contributed by atoms with Gasteiger partial charge >= 0.3 is 0 Å². The molecule has 1 heterocycles. The Morgan fingerprint density at radius 2 is 1.86 bits per heavy atom. The van der Waals surface area contributed by atoms with Crippen LogP contribution in [0.3, 0.4) is 0 Å². The molecule has 1 N–H and O–H groups in total. The number of rotatable bonds is 5. The maximum Gasteiger partial charge on any atom is 0.0108 e. The van der Waals surface area contributed by atoms with E-state index in [1.165, 1.54) is 31.1 Å². The number of nitrogens with one attached hydrogen (secondary N) is 1. The van der Waals surface area contributed by atoms with Crippen molar-refractivity contribution in [3.05, 3.63) is 0 Å².